The van der Waals surface area contributed by atoms with Crippen LogP contribution in [-0.2, 0) is 14.3 Å². The Morgan fingerprint density at radius 3 is 2.60 bits per heavy atom. The third-order valence-electron chi connectivity index (χ3n) is 6.19. The first kappa shape index (κ1) is 26.6. The van der Waals surface area contributed by atoms with Crippen LogP contribution in [0, 0.1) is 17.0 Å². The summed E-state index contributed by atoms with van der Waals surface area (Å²) in [6.07, 6.45) is 1.40. The quantitative estimate of drug-likeness (QED) is 0.0843. The molecular formula is C27H21N3O9S. The summed E-state index contributed by atoms with van der Waals surface area (Å²) < 4.78 is 16.2. The summed E-state index contributed by atoms with van der Waals surface area (Å²) in [4.78, 5) is 55.5. The summed E-state index contributed by atoms with van der Waals surface area (Å²) in [7, 11) is 0. The monoisotopic (exact) mass is 563 g/mol. The van der Waals surface area contributed by atoms with Gasteiger partial charge in [-0.2, -0.15) is 0 Å². The Balaban J connectivity index is 1.65. The van der Waals surface area contributed by atoms with Crippen molar-refractivity contribution in [2.45, 2.75) is 13.0 Å². The van der Waals surface area contributed by atoms with E-state index >= 15 is 0 Å². The fourth-order valence-corrected chi connectivity index (χ4v) is 5.33. The molecule has 1 atom stereocenters. The summed E-state index contributed by atoms with van der Waals surface area (Å²) in [5.41, 5.74) is 0.292. The smallest absolute Gasteiger partial charge is 0.350 e. The number of Topliss-reactive ketones (excluding diaryl/α,β-unsaturated/α-hetero) is 1. The second kappa shape index (κ2) is 10.6. The number of aliphatic hydroxyl groups is 1. The van der Waals surface area contributed by atoms with Crippen molar-refractivity contribution in [2.24, 2.45) is 0 Å². The van der Waals surface area contributed by atoms with E-state index in [4.69, 9.17) is 14.2 Å². The highest BCUT2D eigenvalue weighted by molar-refractivity contribution is 7.17. The number of amides is 1. The van der Waals surface area contributed by atoms with Crippen molar-refractivity contribution in [1.29, 1.82) is 0 Å². The number of anilines is 1. The number of carbonyl (C=O) groups is 3. The topological polar surface area (TPSA) is 158 Å². The number of benzene rings is 2. The number of aliphatic hydroxyl groups excluding tert-OH is 1. The third kappa shape index (κ3) is 4.66. The summed E-state index contributed by atoms with van der Waals surface area (Å²) >= 11 is 0.840. The lowest BCUT2D eigenvalue weighted by atomic mass is 9.95. The van der Waals surface area contributed by atoms with E-state index in [1.807, 2.05) is 0 Å². The van der Waals surface area contributed by atoms with E-state index in [0.29, 0.717) is 30.3 Å². The largest absolute Gasteiger partial charge is 0.507 e. The van der Waals surface area contributed by atoms with Gasteiger partial charge in [-0.05, 0) is 42.8 Å². The first-order chi connectivity index (χ1) is 19.2. The minimum atomic E-state index is -1.21. The van der Waals surface area contributed by atoms with Gasteiger partial charge in [-0.15, -0.1) is 0 Å². The molecule has 12 nitrogen and oxygen atoms in total. The van der Waals surface area contributed by atoms with Gasteiger partial charge in [0.2, 0.25) is 0 Å². The molecular weight excluding hydrogens is 542 g/mol. The first-order valence-electron chi connectivity index (χ1n) is 11.9. The number of ketones is 1. The maximum Gasteiger partial charge on any atom is 0.350 e. The number of hydrogen-bond donors (Lipinski definition) is 1. The van der Waals surface area contributed by atoms with Crippen molar-refractivity contribution in [3.8, 4) is 11.5 Å². The minimum absolute atomic E-state index is 0.00901. The summed E-state index contributed by atoms with van der Waals surface area (Å²) in [5, 5.41) is 22.6. The van der Waals surface area contributed by atoms with Crippen molar-refractivity contribution in [3.05, 3.63) is 92.5 Å². The standard InChI is InChI=1S/C27H21N3O9S/c1-3-10-39-26(34)24-14(2)28-27(40-24)29-21(15-4-7-17(8-5-15)30(35)36)20(23(32)25(29)33)22(31)16-6-9-18-19(13-16)38-12-11-37-18/h3-9,13,21,31H,1,10-12H2,2H3. The Hall–Kier alpha value is -5.04. The Labute approximate surface area is 230 Å². The SMILES string of the molecule is C=CCOC(=O)c1sc(N2C(=O)C(=O)C(=C(O)c3ccc4c(c3)OCCO4)C2c2ccc([N+](=O)[O-])cc2)nc1C. The number of aromatic nitrogens is 1. The Morgan fingerprint density at radius 1 is 1.23 bits per heavy atom. The van der Waals surface area contributed by atoms with Crippen molar-refractivity contribution >= 4 is 45.6 Å². The predicted octanol–water partition coefficient (Wildman–Crippen LogP) is 4.10. The number of ether oxygens (including phenoxy) is 3. The molecule has 2 aliphatic heterocycles. The Morgan fingerprint density at radius 2 is 1.93 bits per heavy atom. The highest BCUT2D eigenvalue weighted by Crippen LogP contribution is 2.45. The number of rotatable bonds is 7. The van der Waals surface area contributed by atoms with E-state index in [9.17, 15) is 29.6 Å². The number of nitro benzene ring substituents is 1. The number of nitro groups is 1. The maximum atomic E-state index is 13.4. The van der Waals surface area contributed by atoms with Gasteiger partial charge >= 0.3 is 11.9 Å². The van der Waals surface area contributed by atoms with Crippen molar-refractivity contribution < 1.29 is 38.6 Å². The Kier molecular flexibility index (Phi) is 7.05. The number of aryl methyl sites for hydroxylation is 1. The van der Waals surface area contributed by atoms with Crippen LogP contribution in [0.5, 0.6) is 11.5 Å². The average Bonchev–Trinajstić information content (AvgIpc) is 3.47. The van der Waals surface area contributed by atoms with Gasteiger partial charge in [-0.25, -0.2) is 9.78 Å². The lowest BCUT2D eigenvalue weighted by Gasteiger charge is -2.23. The van der Waals surface area contributed by atoms with Crippen LogP contribution >= 0.6 is 11.3 Å². The Bertz CT molecular complexity index is 1590. The molecule has 3 heterocycles. The predicted molar refractivity (Wildman–Crippen MR) is 143 cm³/mol. The number of carbonyl (C=O) groups excluding carboxylic acids is 3. The highest BCUT2D eigenvalue weighted by atomic mass is 32.1. The molecule has 40 heavy (non-hydrogen) atoms. The van der Waals surface area contributed by atoms with E-state index in [1.54, 1.807) is 13.0 Å². The van der Waals surface area contributed by atoms with E-state index < -0.39 is 34.4 Å². The lowest BCUT2D eigenvalue weighted by Crippen LogP contribution is -2.29. The molecule has 1 aromatic heterocycles. The van der Waals surface area contributed by atoms with Crippen molar-refractivity contribution in [2.75, 3.05) is 24.7 Å². The summed E-state index contributed by atoms with van der Waals surface area (Å²) in [6, 6.07) is 8.60. The second-order valence-corrected chi connectivity index (χ2v) is 9.65. The molecule has 1 unspecified atom stereocenters. The fraction of sp³-hybridized carbons (Fsp3) is 0.185. The van der Waals surface area contributed by atoms with Crippen molar-refractivity contribution in [1.82, 2.24) is 4.98 Å². The summed E-state index contributed by atoms with van der Waals surface area (Å²) in [6.45, 7) is 5.68. The molecule has 1 fully saturated rings. The summed E-state index contributed by atoms with van der Waals surface area (Å²) in [5.74, 6) is -2.35. The third-order valence-corrected chi connectivity index (χ3v) is 7.33. The molecule has 204 valence electrons. The normalized spacial score (nSPS) is 17.5. The van der Waals surface area contributed by atoms with Crippen LogP contribution in [0.4, 0.5) is 10.8 Å². The van der Waals surface area contributed by atoms with E-state index in [1.165, 1.54) is 42.5 Å². The molecule has 0 spiro atoms. The van der Waals surface area contributed by atoms with Gasteiger partial charge < -0.3 is 19.3 Å². The molecule has 0 aliphatic carbocycles. The van der Waals surface area contributed by atoms with Crippen LogP contribution in [0.2, 0.25) is 0 Å². The van der Waals surface area contributed by atoms with Crippen LogP contribution in [0.1, 0.15) is 32.5 Å². The molecule has 5 rings (SSSR count). The molecule has 3 aromatic rings. The number of esters is 1. The maximum absolute atomic E-state index is 13.4. The molecule has 13 heteroatoms. The number of hydrogen-bond acceptors (Lipinski definition) is 11. The van der Waals surface area contributed by atoms with Gasteiger partial charge in [0.25, 0.3) is 11.5 Å². The van der Waals surface area contributed by atoms with Gasteiger partial charge in [0, 0.05) is 17.7 Å². The number of fused-ring (bicyclic) bond motifs is 1. The van der Waals surface area contributed by atoms with E-state index in [0.717, 1.165) is 16.2 Å². The zero-order valence-corrected chi connectivity index (χ0v) is 21.8. The zero-order valence-electron chi connectivity index (χ0n) is 21.0. The van der Waals surface area contributed by atoms with Gasteiger partial charge in [-0.1, -0.05) is 24.0 Å². The lowest BCUT2D eigenvalue weighted by molar-refractivity contribution is -0.384. The highest BCUT2D eigenvalue weighted by Gasteiger charge is 2.48. The van der Waals surface area contributed by atoms with Crippen molar-refractivity contribution in [3.63, 3.8) is 0 Å². The van der Waals surface area contributed by atoms with E-state index in [2.05, 4.69) is 11.6 Å². The van der Waals surface area contributed by atoms with Gasteiger partial charge in [-0.3, -0.25) is 24.6 Å². The van der Waals surface area contributed by atoms with Crippen LogP contribution in [0.15, 0.2) is 60.7 Å². The molecule has 1 N–H and O–H groups in total. The molecule has 1 saturated heterocycles. The van der Waals surface area contributed by atoms with Crippen LogP contribution in [0.25, 0.3) is 5.76 Å². The molecule has 2 aliphatic rings. The van der Waals surface area contributed by atoms with Crippen LogP contribution in [-0.4, -0.2) is 52.5 Å². The van der Waals surface area contributed by atoms with Crippen LogP contribution < -0.4 is 14.4 Å². The number of nitrogens with zero attached hydrogens (tertiary/aromatic N) is 3. The molecule has 0 saturated carbocycles. The van der Waals surface area contributed by atoms with Gasteiger partial charge in [0.15, 0.2) is 16.6 Å². The number of non-ortho nitro benzene ring substituents is 1. The second-order valence-electron chi connectivity index (χ2n) is 8.67. The molecule has 2 aromatic carbocycles. The minimum Gasteiger partial charge on any atom is -0.507 e. The fourth-order valence-electron chi connectivity index (χ4n) is 4.34. The average molecular weight is 564 g/mol. The molecule has 1 amide bonds. The molecule has 0 radical (unpaired) electrons. The van der Waals surface area contributed by atoms with Gasteiger partial charge in [0.05, 0.1) is 22.2 Å². The first-order valence-corrected chi connectivity index (χ1v) is 12.7. The zero-order chi connectivity index (χ0) is 28.6. The van der Waals surface area contributed by atoms with E-state index in [-0.39, 0.29) is 39.1 Å². The number of thiazole rings is 1. The van der Waals surface area contributed by atoms with Gasteiger partial charge in [0.1, 0.15) is 30.5 Å². The molecule has 0 bridgehead atoms. The van der Waals surface area contributed by atoms with Crippen LogP contribution in [0.3, 0.4) is 0 Å².